The lowest BCUT2D eigenvalue weighted by Gasteiger charge is -2.35. The summed E-state index contributed by atoms with van der Waals surface area (Å²) in [6.45, 7) is 4.64. The van der Waals surface area contributed by atoms with E-state index in [0.29, 0.717) is 18.3 Å². The Morgan fingerprint density at radius 3 is 2.77 bits per heavy atom. The third-order valence-electron chi connectivity index (χ3n) is 5.28. The topological polar surface area (TPSA) is 71.7 Å². The minimum atomic E-state index is 0.0919. The molecule has 0 saturated carbocycles. The van der Waals surface area contributed by atoms with Gasteiger partial charge in [0.1, 0.15) is 0 Å². The van der Waals surface area contributed by atoms with Crippen molar-refractivity contribution in [3.8, 4) is 10.7 Å². The molecule has 1 fully saturated rings. The summed E-state index contributed by atoms with van der Waals surface area (Å²) in [5.41, 5.74) is 1.68. The second-order valence-corrected chi connectivity index (χ2v) is 8.26. The van der Waals surface area contributed by atoms with E-state index < -0.39 is 0 Å². The number of amides is 1. The van der Waals surface area contributed by atoms with E-state index in [4.69, 9.17) is 9.26 Å². The number of thiophene rings is 1. The first-order valence-corrected chi connectivity index (χ1v) is 11.1. The zero-order valence-corrected chi connectivity index (χ0v) is 17.9. The molecule has 1 saturated heterocycles. The maximum atomic E-state index is 12.9. The summed E-state index contributed by atoms with van der Waals surface area (Å²) in [6.07, 6.45) is 1.72. The van der Waals surface area contributed by atoms with Crippen molar-refractivity contribution in [3.63, 3.8) is 0 Å². The number of aryl methyl sites for hydroxylation is 1. The van der Waals surface area contributed by atoms with Gasteiger partial charge in [-0.3, -0.25) is 9.69 Å². The van der Waals surface area contributed by atoms with E-state index in [9.17, 15) is 4.79 Å². The lowest BCUT2D eigenvalue weighted by atomic mass is 10.1. The van der Waals surface area contributed by atoms with Crippen LogP contribution in [0.1, 0.15) is 28.2 Å². The standard InChI is InChI=1S/C22H26N4O3S/c1-28-16-17-6-2-3-7-18(17)22(27)26-13-11-25(12-14-26)10-4-9-20-23-21(24-29-20)19-8-5-15-30-19/h2-3,5-8,15H,4,9-14,16H2,1H3. The molecule has 1 aliphatic heterocycles. The number of aromatic nitrogens is 2. The predicted octanol–water partition coefficient (Wildman–Crippen LogP) is 3.34. The molecule has 3 heterocycles. The van der Waals surface area contributed by atoms with Crippen molar-refractivity contribution in [2.24, 2.45) is 0 Å². The number of rotatable bonds is 8. The Morgan fingerprint density at radius 1 is 1.17 bits per heavy atom. The third kappa shape index (κ3) is 4.95. The van der Waals surface area contributed by atoms with Crippen LogP contribution in [0.15, 0.2) is 46.3 Å². The number of piperazine rings is 1. The fourth-order valence-corrected chi connectivity index (χ4v) is 4.32. The third-order valence-corrected chi connectivity index (χ3v) is 6.15. The molecule has 4 rings (SSSR count). The number of methoxy groups -OCH3 is 1. The zero-order valence-electron chi connectivity index (χ0n) is 17.1. The van der Waals surface area contributed by atoms with Crippen LogP contribution in [0.25, 0.3) is 10.7 Å². The SMILES string of the molecule is COCc1ccccc1C(=O)N1CCN(CCCc2nc(-c3cccs3)no2)CC1. The molecule has 0 spiro atoms. The summed E-state index contributed by atoms with van der Waals surface area (Å²) < 4.78 is 10.6. The average Bonchev–Trinajstić information content (AvgIpc) is 3.47. The van der Waals surface area contributed by atoms with Crippen LogP contribution in [0.4, 0.5) is 0 Å². The Kier molecular flexibility index (Phi) is 6.88. The molecule has 1 aromatic carbocycles. The van der Waals surface area contributed by atoms with Crippen molar-refractivity contribution in [1.29, 1.82) is 0 Å². The maximum Gasteiger partial charge on any atom is 0.254 e. The number of carbonyl (C=O) groups excluding carboxylic acids is 1. The second kappa shape index (κ2) is 9.97. The molecular weight excluding hydrogens is 400 g/mol. The molecule has 8 heteroatoms. The van der Waals surface area contributed by atoms with Gasteiger partial charge in [-0.1, -0.05) is 29.4 Å². The van der Waals surface area contributed by atoms with Crippen molar-refractivity contribution in [2.45, 2.75) is 19.4 Å². The van der Waals surface area contributed by atoms with Gasteiger partial charge >= 0.3 is 0 Å². The number of nitrogens with zero attached hydrogens (tertiary/aromatic N) is 4. The highest BCUT2D eigenvalue weighted by Crippen LogP contribution is 2.21. The number of carbonyl (C=O) groups is 1. The number of benzene rings is 1. The molecule has 30 heavy (non-hydrogen) atoms. The van der Waals surface area contributed by atoms with E-state index in [1.165, 1.54) is 0 Å². The van der Waals surface area contributed by atoms with Gasteiger partial charge in [-0.2, -0.15) is 4.98 Å². The summed E-state index contributed by atoms with van der Waals surface area (Å²) in [5, 5.41) is 6.07. The van der Waals surface area contributed by atoms with E-state index in [0.717, 1.165) is 61.6 Å². The number of ether oxygens (including phenoxy) is 1. The van der Waals surface area contributed by atoms with Crippen LogP contribution in [0.5, 0.6) is 0 Å². The normalized spacial score (nSPS) is 14.9. The van der Waals surface area contributed by atoms with Gasteiger partial charge in [-0.15, -0.1) is 11.3 Å². The van der Waals surface area contributed by atoms with Gasteiger partial charge in [-0.05, 0) is 36.0 Å². The van der Waals surface area contributed by atoms with Gasteiger partial charge in [0.05, 0.1) is 11.5 Å². The summed E-state index contributed by atoms with van der Waals surface area (Å²) in [5.74, 6) is 1.44. The van der Waals surface area contributed by atoms with Crippen LogP contribution in [-0.4, -0.2) is 65.7 Å². The Labute approximate surface area is 180 Å². The first kappa shape index (κ1) is 20.7. The molecule has 0 atom stereocenters. The van der Waals surface area contributed by atoms with Crippen LogP contribution in [-0.2, 0) is 17.8 Å². The van der Waals surface area contributed by atoms with Gasteiger partial charge in [-0.25, -0.2) is 0 Å². The molecule has 1 aliphatic rings. The van der Waals surface area contributed by atoms with Crippen LogP contribution < -0.4 is 0 Å². The molecule has 2 aromatic heterocycles. The molecule has 158 valence electrons. The molecule has 0 N–H and O–H groups in total. The quantitative estimate of drug-likeness (QED) is 0.550. The Morgan fingerprint density at radius 2 is 2.00 bits per heavy atom. The molecule has 0 unspecified atom stereocenters. The Bertz CT molecular complexity index is 949. The molecular formula is C22H26N4O3S. The van der Waals surface area contributed by atoms with Crippen LogP contribution in [0.3, 0.4) is 0 Å². The van der Waals surface area contributed by atoms with E-state index in [1.807, 2.05) is 46.7 Å². The van der Waals surface area contributed by atoms with E-state index in [2.05, 4.69) is 15.0 Å². The Balaban J connectivity index is 1.23. The molecule has 7 nitrogen and oxygen atoms in total. The number of hydrogen-bond acceptors (Lipinski definition) is 7. The summed E-state index contributed by atoms with van der Waals surface area (Å²) in [7, 11) is 1.65. The summed E-state index contributed by atoms with van der Waals surface area (Å²) >= 11 is 1.61. The molecule has 0 bridgehead atoms. The van der Waals surface area contributed by atoms with Crippen LogP contribution in [0.2, 0.25) is 0 Å². The lowest BCUT2D eigenvalue weighted by Crippen LogP contribution is -2.49. The smallest absolute Gasteiger partial charge is 0.254 e. The number of hydrogen-bond donors (Lipinski definition) is 0. The first-order chi connectivity index (χ1) is 14.7. The van der Waals surface area contributed by atoms with Gasteiger partial charge in [0.2, 0.25) is 11.7 Å². The van der Waals surface area contributed by atoms with E-state index >= 15 is 0 Å². The van der Waals surface area contributed by atoms with Gasteiger partial charge in [0.25, 0.3) is 5.91 Å². The highest BCUT2D eigenvalue weighted by atomic mass is 32.1. The maximum absolute atomic E-state index is 12.9. The summed E-state index contributed by atoms with van der Waals surface area (Å²) in [6, 6.07) is 11.7. The van der Waals surface area contributed by atoms with Gasteiger partial charge in [0.15, 0.2) is 0 Å². The van der Waals surface area contributed by atoms with Crippen molar-refractivity contribution in [1.82, 2.24) is 19.9 Å². The highest BCUT2D eigenvalue weighted by molar-refractivity contribution is 7.13. The molecule has 0 radical (unpaired) electrons. The molecule has 1 amide bonds. The van der Waals surface area contributed by atoms with Crippen molar-refractivity contribution in [3.05, 3.63) is 58.8 Å². The second-order valence-electron chi connectivity index (χ2n) is 7.32. The van der Waals surface area contributed by atoms with Crippen LogP contribution >= 0.6 is 11.3 Å². The van der Waals surface area contributed by atoms with E-state index in [1.54, 1.807) is 18.4 Å². The van der Waals surface area contributed by atoms with Crippen molar-refractivity contribution < 1.29 is 14.1 Å². The van der Waals surface area contributed by atoms with E-state index in [-0.39, 0.29) is 5.91 Å². The lowest BCUT2D eigenvalue weighted by molar-refractivity contribution is 0.0631. The predicted molar refractivity (Wildman–Crippen MR) is 115 cm³/mol. The van der Waals surface area contributed by atoms with Crippen molar-refractivity contribution >= 4 is 17.2 Å². The monoisotopic (exact) mass is 426 g/mol. The molecule has 3 aromatic rings. The zero-order chi connectivity index (χ0) is 20.8. The molecule has 0 aliphatic carbocycles. The minimum Gasteiger partial charge on any atom is -0.380 e. The largest absolute Gasteiger partial charge is 0.380 e. The van der Waals surface area contributed by atoms with Gasteiger partial charge < -0.3 is 14.2 Å². The first-order valence-electron chi connectivity index (χ1n) is 10.2. The van der Waals surface area contributed by atoms with Gasteiger partial charge in [0, 0.05) is 45.3 Å². The fourth-order valence-electron chi connectivity index (χ4n) is 3.67. The average molecular weight is 427 g/mol. The highest BCUT2D eigenvalue weighted by Gasteiger charge is 2.23. The van der Waals surface area contributed by atoms with Crippen molar-refractivity contribution in [2.75, 3.05) is 39.8 Å². The van der Waals surface area contributed by atoms with Crippen LogP contribution in [0, 0.1) is 0 Å². The summed E-state index contributed by atoms with van der Waals surface area (Å²) in [4.78, 5) is 22.8. The Hall–Kier alpha value is -2.55. The fraction of sp³-hybridized carbons (Fsp3) is 0.409. The minimum absolute atomic E-state index is 0.0919.